The molecule has 0 radical (unpaired) electrons. The summed E-state index contributed by atoms with van der Waals surface area (Å²) in [5.74, 6) is 1.01. The van der Waals surface area contributed by atoms with Crippen LogP contribution in [0, 0.1) is 0 Å². The smallest absolute Gasteiger partial charge is 0.128 e. The summed E-state index contributed by atoms with van der Waals surface area (Å²) in [5, 5.41) is 0. The van der Waals surface area contributed by atoms with Crippen LogP contribution in [0.1, 0.15) is 47.1 Å². The minimum atomic E-state index is 0.987. The maximum absolute atomic E-state index is 4.73. The number of rotatable bonds is 5. The Morgan fingerprint density at radius 2 is 2.10 bits per heavy atom. The van der Waals surface area contributed by atoms with Gasteiger partial charge in [0.25, 0.3) is 0 Å². The zero-order chi connectivity index (χ0) is 14.7. The van der Waals surface area contributed by atoms with Gasteiger partial charge in [0, 0.05) is 59.7 Å². The Balaban J connectivity index is 1.66. The minimum Gasteiger partial charge on any atom is -0.293 e. The maximum Gasteiger partial charge on any atom is 0.128 e. The molecule has 21 heavy (non-hydrogen) atoms. The molecule has 3 nitrogen and oxygen atoms in total. The number of aromatic nitrogens is 2. The summed E-state index contributed by atoms with van der Waals surface area (Å²) in [6.07, 6.45) is 6.35. The second-order valence-corrected chi connectivity index (χ2v) is 6.94. The van der Waals surface area contributed by atoms with Gasteiger partial charge in [-0.15, -0.1) is 11.3 Å². The molecule has 0 spiro atoms. The predicted molar refractivity (Wildman–Crippen MR) is 87.5 cm³/mol. The number of hydrogen-bond acceptors (Lipinski definition) is 4. The standard InChI is InChI=1S/C17H23N3S/c1-3-5-17-18-10-13-11-20(9-8-16(13)19-17)12-15-7-6-14(4-2)21-15/h6-7,10H,3-5,8-9,11-12H2,1-2H3. The van der Waals surface area contributed by atoms with E-state index in [1.165, 1.54) is 21.0 Å². The molecule has 112 valence electrons. The van der Waals surface area contributed by atoms with Crippen molar-refractivity contribution in [2.75, 3.05) is 6.54 Å². The Labute approximate surface area is 131 Å². The molecule has 0 aromatic carbocycles. The van der Waals surface area contributed by atoms with Crippen LogP contribution in [0.5, 0.6) is 0 Å². The van der Waals surface area contributed by atoms with Crippen molar-refractivity contribution in [1.29, 1.82) is 0 Å². The third-order valence-electron chi connectivity index (χ3n) is 3.98. The summed E-state index contributed by atoms with van der Waals surface area (Å²) >= 11 is 1.94. The molecule has 0 amide bonds. The molecular weight excluding hydrogens is 278 g/mol. The lowest BCUT2D eigenvalue weighted by molar-refractivity contribution is 0.244. The molecule has 2 aromatic rings. The van der Waals surface area contributed by atoms with E-state index in [1.54, 1.807) is 0 Å². The lowest BCUT2D eigenvalue weighted by Crippen LogP contribution is -2.30. The number of thiophene rings is 1. The van der Waals surface area contributed by atoms with Gasteiger partial charge in [-0.05, 0) is 25.0 Å². The third-order valence-corrected chi connectivity index (χ3v) is 5.20. The van der Waals surface area contributed by atoms with Gasteiger partial charge < -0.3 is 0 Å². The highest BCUT2D eigenvalue weighted by atomic mass is 32.1. The normalized spacial score (nSPS) is 15.1. The summed E-state index contributed by atoms with van der Waals surface area (Å²) in [6, 6.07) is 4.54. The predicted octanol–water partition coefficient (Wildman–Crippen LogP) is 3.61. The largest absolute Gasteiger partial charge is 0.293 e. The number of fused-ring (bicyclic) bond motifs is 1. The van der Waals surface area contributed by atoms with E-state index in [9.17, 15) is 0 Å². The Morgan fingerprint density at radius 3 is 2.86 bits per heavy atom. The van der Waals surface area contributed by atoms with Crippen LogP contribution < -0.4 is 0 Å². The van der Waals surface area contributed by atoms with Crippen LogP contribution in [0.15, 0.2) is 18.3 Å². The molecule has 0 N–H and O–H groups in total. The van der Waals surface area contributed by atoms with Crippen molar-refractivity contribution >= 4 is 11.3 Å². The minimum absolute atomic E-state index is 0.987. The van der Waals surface area contributed by atoms with Crippen molar-refractivity contribution in [3.63, 3.8) is 0 Å². The van der Waals surface area contributed by atoms with Gasteiger partial charge in [-0.1, -0.05) is 13.8 Å². The highest BCUT2D eigenvalue weighted by molar-refractivity contribution is 7.11. The van der Waals surface area contributed by atoms with Crippen LogP contribution in [-0.4, -0.2) is 21.4 Å². The second kappa shape index (κ2) is 6.67. The highest BCUT2D eigenvalue weighted by Gasteiger charge is 2.18. The molecule has 0 saturated carbocycles. The monoisotopic (exact) mass is 301 g/mol. The third kappa shape index (κ3) is 3.50. The van der Waals surface area contributed by atoms with Crippen LogP contribution in [0.3, 0.4) is 0 Å². The molecule has 4 heteroatoms. The average Bonchev–Trinajstić information content (AvgIpc) is 2.95. The van der Waals surface area contributed by atoms with Crippen LogP contribution in [0.4, 0.5) is 0 Å². The van der Waals surface area contributed by atoms with Gasteiger partial charge in [0.05, 0.1) is 0 Å². The first-order chi connectivity index (χ1) is 10.3. The first-order valence-corrected chi connectivity index (χ1v) is 8.73. The molecule has 3 rings (SSSR count). The zero-order valence-corrected chi connectivity index (χ0v) is 13.7. The molecule has 1 aliphatic heterocycles. The SMILES string of the molecule is CCCc1ncc2c(n1)CCN(Cc1ccc(CC)s1)C2. The molecule has 3 heterocycles. The van der Waals surface area contributed by atoms with Crippen molar-refractivity contribution in [1.82, 2.24) is 14.9 Å². The van der Waals surface area contributed by atoms with Crippen molar-refractivity contribution in [3.8, 4) is 0 Å². The van der Waals surface area contributed by atoms with E-state index in [-0.39, 0.29) is 0 Å². The van der Waals surface area contributed by atoms with E-state index in [1.807, 2.05) is 17.5 Å². The van der Waals surface area contributed by atoms with Gasteiger partial charge in [-0.25, -0.2) is 9.97 Å². The molecule has 0 aliphatic carbocycles. The molecule has 1 aliphatic rings. The van der Waals surface area contributed by atoms with Gasteiger partial charge in [0.1, 0.15) is 5.82 Å². The van der Waals surface area contributed by atoms with E-state index < -0.39 is 0 Å². The van der Waals surface area contributed by atoms with E-state index in [0.29, 0.717) is 0 Å². The fraction of sp³-hybridized carbons (Fsp3) is 0.529. The maximum atomic E-state index is 4.73. The van der Waals surface area contributed by atoms with Crippen LogP contribution in [0.25, 0.3) is 0 Å². The van der Waals surface area contributed by atoms with E-state index >= 15 is 0 Å². The van der Waals surface area contributed by atoms with E-state index in [4.69, 9.17) is 4.98 Å². The van der Waals surface area contributed by atoms with Crippen molar-refractivity contribution in [3.05, 3.63) is 45.2 Å². The summed E-state index contributed by atoms with van der Waals surface area (Å²) in [4.78, 5) is 14.7. The number of aryl methyl sites for hydroxylation is 2. The average molecular weight is 301 g/mol. The first kappa shape index (κ1) is 14.7. The molecule has 0 unspecified atom stereocenters. The quantitative estimate of drug-likeness (QED) is 0.845. The summed E-state index contributed by atoms with van der Waals surface area (Å²) in [7, 11) is 0. The Bertz CT molecular complexity index is 606. The number of hydrogen-bond donors (Lipinski definition) is 0. The van der Waals surface area contributed by atoms with Gasteiger partial charge in [-0.2, -0.15) is 0 Å². The topological polar surface area (TPSA) is 29.0 Å². The Morgan fingerprint density at radius 1 is 1.24 bits per heavy atom. The van der Waals surface area contributed by atoms with Crippen molar-refractivity contribution in [2.24, 2.45) is 0 Å². The lowest BCUT2D eigenvalue weighted by atomic mass is 10.1. The van der Waals surface area contributed by atoms with Crippen molar-refractivity contribution < 1.29 is 0 Å². The molecule has 0 bridgehead atoms. The summed E-state index contributed by atoms with van der Waals surface area (Å²) in [5.41, 5.74) is 2.58. The first-order valence-electron chi connectivity index (χ1n) is 7.92. The van der Waals surface area contributed by atoms with Crippen LogP contribution >= 0.6 is 11.3 Å². The van der Waals surface area contributed by atoms with Crippen LogP contribution in [-0.2, 0) is 32.4 Å². The van der Waals surface area contributed by atoms with E-state index in [0.717, 1.165) is 51.1 Å². The molecule has 0 saturated heterocycles. The zero-order valence-electron chi connectivity index (χ0n) is 12.9. The summed E-state index contributed by atoms with van der Waals surface area (Å²) in [6.45, 7) is 7.55. The van der Waals surface area contributed by atoms with Crippen molar-refractivity contribution in [2.45, 2.75) is 52.6 Å². The van der Waals surface area contributed by atoms with Gasteiger partial charge in [0.2, 0.25) is 0 Å². The van der Waals surface area contributed by atoms with Crippen LogP contribution in [0.2, 0.25) is 0 Å². The molecular formula is C17H23N3S. The lowest BCUT2D eigenvalue weighted by Gasteiger charge is -2.27. The molecule has 2 aromatic heterocycles. The fourth-order valence-electron chi connectivity index (χ4n) is 2.81. The highest BCUT2D eigenvalue weighted by Crippen LogP contribution is 2.23. The van der Waals surface area contributed by atoms with Gasteiger partial charge in [0.15, 0.2) is 0 Å². The van der Waals surface area contributed by atoms with Gasteiger partial charge >= 0.3 is 0 Å². The molecule has 0 fully saturated rings. The second-order valence-electron chi connectivity index (χ2n) is 5.69. The summed E-state index contributed by atoms with van der Waals surface area (Å²) < 4.78 is 0. The Hall–Kier alpha value is -1.26. The Kier molecular flexibility index (Phi) is 4.66. The fourth-order valence-corrected chi connectivity index (χ4v) is 3.81. The molecule has 0 atom stereocenters. The number of nitrogens with zero attached hydrogens (tertiary/aromatic N) is 3. The van der Waals surface area contributed by atoms with E-state index in [2.05, 4.69) is 35.9 Å². The van der Waals surface area contributed by atoms with Gasteiger partial charge in [-0.3, -0.25) is 4.90 Å².